The zero-order chi connectivity index (χ0) is 12.6. The predicted molar refractivity (Wildman–Crippen MR) is 62.8 cm³/mol. The van der Waals surface area contributed by atoms with Gasteiger partial charge < -0.3 is 4.42 Å². The molecule has 1 aromatic heterocycles. The van der Waals surface area contributed by atoms with Crippen molar-refractivity contribution in [1.29, 1.82) is 0 Å². The largest absolute Gasteiger partial charge is 0.466 e. The molecule has 0 N–H and O–H groups in total. The fraction of sp³-hybridized carbons (Fsp3) is 0.214. The minimum Gasteiger partial charge on any atom is -0.466 e. The van der Waals surface area contributed by atoms with Crippen molar-refractivity contribution in [2.75, 3.05) is 0 Å². The van der Waals surface area contributed by atoms with Gasteiger partial charge in [-0.15, -0.1) is 0 Å². The fourth-order valence-electron chi connectivity index (χ4n) is 1.75. The number of rotatable bonds is 2. The summed E-state index contributed by atoms with van der Waals surface area (Å²) in [6, 6.07) is 6.17. The van der Waals surface area contributed by atoms with Crippen LogP contribution < -0.4 is 0 Å². The molecule has 0 aliphatic heterocycles. The second kappa shape index (κ2) is 4.17. The van der Waals surface area contributed by atoms with E-state index in [2.05, 4.69) is 0 Å². The van der Waals surface area contributed by atoms with E-state index in [4.69, 9.17) is 4.42 Å². The van der Waals surface area contributed by atoms with E-state index < -0.39 is 0 Å². The zero-order valence-electron chi connectivity index (χ0n) is 10.0. The van der Waals surface area contributed by atoms with Crippen molar-refractivity contribution in [2.45, 2.75) is 20.8 Å². The highest BCUT2D eigenvalue weighted by atomic mass is 19.1. The maximum absolute atomic E-state index is 13.4. The number of ketones is 1. The van der Waals surface area contributed by atoms with Gasteiger partial charge in [-0.2, -0.15) is 0 Å². The highest BCUT2D eigenvalue weighted by Crippen LogP contribution is 2.19. The summed E-state index contributed by atoms with van der Waals surface area (Å²) in [5.41, 5.74) is 1.37. The van der Waals surface area contributed by atoms with Gasteiger partial charge in [-0.3, -0.25) is 4.79 Å². The summed E-state index contributed by atoms with van der Waals surface area (Å²) in [5, 5.41) is 0. The first kappa shape index (κ1) is 11.6. The quantitative estimate of drug-likeness (QED) is 0.741. The normalized spacial score (nSPS) is 10.6. The monoisotopic (exact) mass is 232 g/mol. The van der Waals surface area contributed by atoms with Crippen LogP contribution in [0.25, 0.3) is 0 Å². The first-order valence-corrected chi connectivity index (χ1v) is 5.37. The van der Waals surface area contributed by atoms with Gasteiger partial charge in [-0.05, 0) is 38.5 Å². The lowest BCUT2D eigenvalue weighted by Crippen LogP contribution is -2.02. The predicted octanol–water partition coefficient (Wildman–Crippen LogP) is 3.57. The summed E-state index contributed by atoms with van der Waals surface area (Å²) in [6.45, 7) is 5.17. The molecule has 0 radical (unpaired) electrons. The Labute approximate surface area is 99.1 Å². The van der Waals surface area contributed by atoms with Crippen LogP contribution >= 0.6 is 0 Å². The third kappa shape index (κ3) is 2.13. The summed E-state index contributed by atoms with van der Waals surface area (Å²) < 4.78 is 18.7. The van der Waals surface area contributed by atoms with Crippen LogP contribution in [-0.4, -0.2) is 5.78 Å². The molecule has 0 saturated heterocycles. The first-order chi connectivity index (χ1) is 7.99. The number of hydrogen-bond donors (Lipinski definition) is 0. The Morgan fingerprint density at radius 3 is 2.41 bits per heavy atom. The summed E-state index contributed by atoms with van der Waals surface area (Å²) in [4.78, 5) is 12.1. The number of carbonyl (C=O) groups is 1. The molecule has 3 heteroatoms. The Morgan fingerprint density at radius 2 is 1.88 bits per heavy atom. The molecule has 0 spiro atoms. The molecular weight excluding hydrogens is 219 g/mol. The molecule has 0 aliphatic rings. The van der Waals surface area contributed by atoms with Crippen LogP contribution in [-0.2, 0) is 0 Å². The Kier molecular flexibility index (Phi) is 2.84. The molecule has 17 heavy (non-hydrogen) atoms. The molecule has 0 aliphatic carbocycles. The lowest BCUT2D eigenvalue weighted by molar-refractivity contribution is 0.103. The van der Waals surface area contributed by atoms with E-state index in [1.807, 2.05) is 0 Å². The molecule has 2 nitrogen and oxygen atoms in total. The van der Waals surface area contributed by atoms with Crippen LogP contribution in [0.15, 0.2) is 28.7 Å². The van der Waals surface area contributed by atoms with Crippen LogP contribution in [0.1, 0.15) is 33.0 Å². The second-order valence-corrected chi connectivity index (χ2v) is 4.12. The van der Waals surface area contributed by atoms with E-state index in [-0.39, 0.29) is 11.6 Å². The minimum absolute atomic E-state index is 0.210. The van der Waals surface area contributed by atoms with E-state index in [9.17, 15) is 9.18 Å². The first-order valence-electron chi connectivity index (χ1n) is 5.37. The highest BCUT2D eigenvalue weighted by molar-refractivity contribution is 6.09. The van der Waals surface area contributed by atoms with Crippen molar-refractivity contribution in [3.05, 3.63) is 58.3 Å². The Balaban J connectivity index is 2.44. The van der Waals surface area contributed by atoms with Crippen molar-refractivity contribution >= 4 is 5.78 Å². The van der Waals surface area contributed by atoms with Crippen molar-refractivity contribution in [1.82, 2.24) is 0 Å². The maximum Gasteiger partial charge on any atom is 0.196 e. The number of carbonyl (C=O) groups excluding carboxylic acids is 1. The smallest absolute Gasteiger partial charge is 0.196 e. The van der Waals surface area contributed by atoms with Crippen molar-refractivity contribution in [2.24, 2.45) is 0 Å². The van der Waals surface area contributed by atoms with Gasteiger partial charge in [0.05, 0.1) is 5.56 Å². The molecular formula is C14H13FO2. The molecule has 0 saturated carbocycles. The zero-order valence-corrected chi connectivity index (χ0v) is 10.0. The van der Waals surface area contributed by atoms with Gasteiger partial charge in [0.15, 0.2) is 5.78 Å². The maximum atomic E-state index is 13.4. The second-order valence-electron chi connectivity index (χ2n) is 4.12. The van der Waals surface area contributed by atoms with Gasteiger partial charge in [-0.25, -0.2) is 4.39 Å². The number of benzene rings is 1. The Hall–Kier alpha value is -1.90. The SMILES string of the molecule is Cc1cc(C(=O)c2ccc(C)c(F)c2)c(C)o1. The number of hydrogen-bond acceptors (Lipinski definition) is 2. The Bertz CT molecular complexity index is 582. The van der Waals surface area contributed by atoms with Crippen LogP contribution in [0, 0.1) is 26.6 Å². The topological polar surface area (TPSA) is 30.2 Å². The molecule has 2 aromatic rings. The van der Waals surface area contributed by atoms with E-state index >= 15 is 0 Å². The number of furan rings is 1. The summed E-state index contributed by atoms with van der Waals surface area (Å²) in [6.07, 6.45) is 0. The standard InChI is InChI=1S/C14H13FO2/c1-8-4-5-11(7-13(8)15)14(16)12-6-9(2)17-10(12)3/h4-7H,1-3H3. The van der Waals surface area contributed by atoms with Crippen molar-refractivity contribution in [3.63, 3.8) is 0 Å². The van der Waals surface area contributed by atoms with E-state index in [1.165, 1.54) is 6.07 Å². The molecule has 2 rings (SSSR count). The summed E-state index contributed by atoms with van der Waals surface area (Å²) >= 11 is 0. The van der Waals surface area contributed by atoms with E-state index in [1.54, 1.807) is 39.0 Å². The molecule has 0 fully saturated rings. The lowest BCUT2D eigenvalue weighted by atomic mass is 10.0. The van der Waals surface area contributed by atoms with Gasteiger partial charge in [0.25, 0.3) is 0 Å². The molecule has 0 unspecified atom stereocenters. The molecule has 1 heterocycles. The van der Waals surface area contributed by atoms with E-state index in [0.717, 1.165) is 0 Å². The van der Waals surface area contributed by atoms with Gasteiger partial charge >= 0.3 is 0 Å². The summed E-state index contributed by atoms with van der Waals surface area (Å²) in [5.74, 6) is 0.666. The molecule has 0 atom stereocenters. The van der Waals surface area contributed by atoms with Gasteiger partial charge in [0.2, 0.25) is 0 Å². The number of aryl methyl sites for hydroxylation is 3. The van der Waals surface area contributed by atoms with Crippen LogP contribution in [0.2, 0.25) is 0 Å². The van der Waals surface area contributed by atoms with Crippen LogP contribution in [0.5, 0.6) is 0 Å². The van der Waals surface area contributed by atoms with Gasteiger partial charge in [0.1, 0.15) is 17.3 Å². The van der Waals surface area contributed by atoms with Gasteiger partial charge in [-0.1, -0.05) is 12.1 Å². The molecule has 88 valence electrons. The number of halogens is 1. The fourth-order valence-corrected chi connectivity index (χ4v) is 1.75. The third-order valence-electron chi connectivity index (χ3n) is 2.72. The average Bonchev–Trinajstić information content (AvgIpc) is 2.61. The van der Waals surface area contributed by atoms with Crippen molar-refractivity contribution in [3.8, 4) is 0 Å². The average molecular weight is 232 g/mol. The van der Waals surface area contributed by atoms with Gasteiger partial charge in [0, 0.05) is 5.56 Å². The molecule has 0 amide bonds. The van der Waals surface area contributed by atoms with Crippen LogP contribution in [0.3, 0.4) is 0 Å². The summed E-state index contributed by atoms with van der Waals surface area (Å²) in [7, 11) is 0. The van der Waals surface area contributed by atoms with Crippen molar-refractivity contribution < 1.29 is 13.6 Å². The third-order valence-corrected chi connectivity index (χ3v) is 2.72. The van der Waals surface area contributed by atoms with Crippen LogP contribution in [0.4, 0.5) is 4.39 Å². The Morgan fingerprint density at radius 1 is 1.18 bits per heavy atom. The molecule has 0 bridgehead atoms. The molecule has 1 aromatic carbocycles. The highest BCUT2D eigenvalue weighted by Gasteiger charge is 2.16. The van der Waals surface area contributed by atoms with E-state index in [0.29, 0.717) is 28.2 Å². The lowest BCUT2D eigenvalue weighted by Gasteiger charge is -2.01. The minimum atomic E-state index is -0.367.